The number of piperidine rings is 1. The van der Waals surface area contributed by atoms with E-state index in [4.69, 9.17) is 14.2 Å². The first kappa shape index (κ1) is 27.1. The van der Waals surface area contributed by atoms with Crippen molar-refractivity contribution in [2.24, 2.45) is 11.8 Å². The van der Waals surface area contributed by atoms with Gasteiger partial charge in [0.15, 0.2) is 0 Å². The molecule has 202 valence electrons. The maximum absolute atomic E-state index is 14.6. The van der Waals surface area contributed by atoms with Gasteiger partial charge in [0.05, 0.1) is 44.9 Å². The van der Waals surface area contributed by atoms with Gasteiger partial charge in [0.25, 0.3) is 0 Å². The van der Waals surface area contributed by atoms with Crippen molar-refractivity contribution in [2.75, 3.05) is 66.8 Å². The highest BCUT2D eigenvalue weighted by Gasteiger charge is 2.31. The molecule has 1 aromatic rings. The van der Waals surface area contributed by atoms with Gasteiger partial charge in [0.2, 0.25) is 5.91 Å². The molecule has 0 atom stereocenters. The van der Waals surface area contributed by atoms with Crippen LogP contribution in [0.3, 0.4) is 0 Å². The zero-order valence-electron chi connectivity index (χ0n) is 21.7. The van der Waals surface area contributed by atoms with Crippen LogP contribution >= 0.6 is 0 Å². The minimum absolute atomic E-state index is 0.156. The maximum atomic E-state index is 14.6. The van der Waals surface area contributed by atoms with E-state index in [0.29, 0.717) is 51.3 Å². The van der Waals surface area contributed by atoms with Crippen molar-refractivity contribution in [3.05, 3.63) is 34.9 Å². The van der Waals surface area contributed by atoms with Gasteiger partial charge in [-0.25, -0.2) is 8.78 Å². The van der Waals surface area contributed by atoms with Gasteiger partial charge < -0.3 is 19.1 Å². The van der Waals surface area contributed by atoms with Crippen LogP contribution in [0.2, 0.25) is 0 Å². The molecule has 0 unspecified atom stereocenters. The number of amides is 1. The number of halogens is 2. The van der Waals surface area contributed by atoms with Crippen LogP contribution in [0.25, 0.3) is 0 Å². The van der Waals surface area contributed by atoms with E-state index < -0.39 is 11.6 Å². The highest BCUT2D eigenvalue weighted by Crippen LogP contribution is 2.25. The maximum Gasteiger partial charge on any atom is 0.450 e. The molecular weight excluding hydrogens is 482 g/mol. The quantitative estimate of drug-likeness (QED) is 0.355. The van der Waals surface area contributed by atoms with Crippen molar-refractivity contribution in [3.8, 4) is 5.75 Å². The number of benzene rings is 1. The number of carbonyl (C=O) groups is 1. The van der Waals surface area contributed by atoms with Gasteiger partial charge in [-0.15, -0.1) is 0 Å². The van der Waals surface area contributed by atoms with Gasteiger partial charge in [-0.3, -0.25) is 15.0 Å². The molecule has 1 amide bonds. The zero-order chi connectivity index (χ0) is 26.2. The molecule has 0 radical (unpaired) electrons. The van der Waals surface area contributed by atoms with E-state index in [2.05, 4.69) is 20.8 Å². The first-order valence-electron chi connectivity index (χ1n) is 13.0. The third kappa shape index (κ3) is 7.33. The third-order valence-corrected chi connectivity index (χ3v) is 7.19. The Bertz CT molecular complexity index is 1030. The van der Waals surface area contributed by atoms with Crippen molar-refractivity contribution >= 4 is 17.7 Å². The molecule has 2 saturated heterocycles. The van der Waals surface area contributed by atoms with Crippen LogP contribution in [0.4, 0.5) is 8.78 Å². The van der Waals surface area contributed by atoms with Crippen molar-refractivity contribution < 1.29 is 27.8 Å². The zero-order valence-corrected chi connectivity index (χ0v) is 21.7. The summed E-state index contributed by atoms with van der Waals surface area (Å²) in [6.07, 6.45) is 3.63. The highest BCUT2D eigenvalue weighted by molar-refractivity contribution is 5.84. The molecule has 0 saturated carbocycles. The summed E-state index contributed by atoms with van der Waals surface area (Å²) in [5, 5.41) is 3.34. The predicted molar refractivity (Wildman–Crippen MR) is 137 cm³/mol. The van der Waals surface area contributed by atoms with Crippen LogP contribution in [-0.4, -0.2) is 94.3 Å². The molecule has 3 aliphatic rings. The summed E-state index contributed by atoms with van der Waals surface area (Å²) in [7, 11) is 3.28. The number of nitrogens with zero attached hydrogens (tertiary/aromatic N) is 3. The summed E-state index contributed by atoms with van der Waals surface area (Å²) >= 11 is 0. The normalized spacial score (nSPS) is 18.3. The van der Waals surface area contributed by atoms with Crippen molar-refractivity contribution in [1.82, 2.24) is 19.8 Å². The molecule has 37 heavy (non-hydrogen) atoms. The summed E-state index contributed by atoms with van der Waals surface area (Å²) in [4.78, 5) is 16.2. The van der Waals surface area contributed by atoms with Crippen LogP contribution in [0.5, 0.6) is 5.75 Å². The van der Waals surface area contributed by atoms with Crippen molar-refractivity contribution in [2.45, 2.75) is 32.1 Å². The summed E-state index contributed by atoms with van der Waals surface area (Å²) in [6, 6.07) is 2.35. The molecular formula is C27H37F2N4O4+. The van der Waals surface area contributed by atoms with Crippen LogP contribution in [0.15, 0.2) is 17.7 Å². The third-order valence-electron chi connectivity index (χ3n) is 7.19. The van der Waals surface area contributed by atoms with Crippen LogP contribution in [-0.2, 0) is 20.7 Å². The first-order valence-corrected chi connectivity index (χ1v) is 13.0. The Labute approximate surface area is 217 Å². The number of hydrogen-bond donors (Lipinski definition) is 1. The number of carbonyl (C=O) groups excluding carboxylic acids is 1. The Hall–Kier alpha value is -2.90. The minimum atomic E-state index is -0.745. The Morgan fingerprint density at radius 1 is 1.14 bits per heavy atom. The highest BCUT2D eigenvalue weighted by atomic mass is 19.1. The molecule has 0 bridgehead atoms. The molecule has 0 aliphatic carbocycles. The number of ether oxygens (including phenoxy) is 3. The smallest absolute Gasteiger partial charge is 0.450 e. The van der Waals surface area contributed by atoms with Crippen molar-refractivity contribution in [3.63, 3.8) is 0 Å². The predicted octanol–water partition coefficient (Wildman–Crippen LogP) is 1.75. The Balaban J connectivity index is 1.17. The fourth-order valence-electron chi connectivity index (χ4n) is 5.04. The summed E-state index contributed by atoms with van der Waals surface area (Å²) in [6.45, 7) is 5.20. The lowest BCUT2D eigenvalue weighted by Crippen LogP contribution is -2.52. The van der Waals surface area contributed by atoms with Gasteiger partial charge in [-0.05, 0) is 31.6 Å². The first-order chi connectivity index (χ1) is 18.0. The summed E-state index contributed by atoms with van der Waals surface area (Å²) < 4.78 is 49.4. The average molecular weight is 520 g/mol. The lowest BCUT2D eigenvalue weighted by molar-refractivity contribution is -0.138. The van der Waals surface area contributed by atoms with Crippen molar-refractivity contribution in [1.29, 1.82) is 0 Å². The van der Waals surface area contributed by atoms with Crippen LogP contribution in [0.1, 0.15) is 31.2 Å². The lowest BCUT2D eigenvalue weighted by atomic mass is 9.92. The molecule has 8 nitrogen and oxygen atoms in total. The van der Waals surface area contributed by atoms with E-state index in [1.165, 1.54) is 12.1 Å². The van der Waals surface area contributed by atoms with E-state index in [0.717, 1.165) is 50.3 Å². The Kier molecular flexibility index (Phi) is 9.58. The van der Waals surface area contributed by atoms with E-state index in [1.54, 1.807) is 19.1 Å². The number of rotatable bonds is 11. The number of guanidine groups is 1. The minimum Gasteiger partial charge on any atom is -0.493 e. The molecule has 3 aliphatic heterocycles. The van der Waals surface area contributed by atoms with Gasteiger partial charge in [0.1, 0.15) is 29.8 Å². The van der Waals surface area contributed by atoms with E-state index in [9.17, 15) is 13.6 Å². The number of methoxy groups -OCH3 is 2. The molecule has 3 heterocycles. The van der Waals surface area contributed by atoms with E-state index in [1.807, 2.05) is 0 Å². The van der Waals surface area contributed by atoms with Crippen LogP contribution in [0, 0.1) is 23.5 Å². The molecule has 1 N–H and O–H groups in total. The standard InChI is InChI=1S/C27H36F2N4O4/c1-35-17-20-13-30-27(31-14-20)32-7-5-19(6-8-32)4-3-9-37-22-10-24(28)23(25(29)11-22)12-26(34)33-15-21(16-33)18-36-2/h10-11,19,21H,3-9,12-13,15-18H2,1-2H3/p+1. The molecule has 1 aromatic carbocycles. The number of nitrogens with one attached hydrogen (secondary N) is 1. The lowest BCUT2D eigenvalue weighted by Gasteiger charge is -2.39. The SMILES string of the molecule is COCC1=C=[N+]=C(N2CCC(CCCOc3cc(F)c(CC(=O)N4CC(COC)C4)c(F)c3)CC2)NC1. The summed E-state index contributed by atoms with van der Waals surface area (Å²) in [5.41, 5.74) is 0.798. The Morgan fingerprint density at radius 3 is 2.49 bits per heavy atom. The monoisotopic (exact) mass is 519 g/mol. The average Bonchev–Trinajstić information content (AvgIpc) is 2.87. The summed E-state index contributed by atoms with van der Waals surface area (Å²) in [5.74, 6) is 3.19. The molecule has 4 rings (SSSR count). The molecule has 0 spiro atoms. The van der Waals surface area contributed by atoms with Gasteiger partial charge in [0, 0.05) is 50.9 Å². The number of hydrogen-bond acceptors (Lipinski definition) is 6. The van der Waals surface area contributed by atoms with Crippen LogP contribution < -0.4 is 14.7 Å². The van der Waals surface area contributed by atoms with Gasteiger partial charge in [-0.1, -0.05) is 0 Å². The van der Waals surface area contributed by atoms with Gasteiger partial charge in [-0.2, -0.15) is 4.67 Å². The van der Waals surface area contributed by atoms with E-state index >= 15 is 0 Å². The second-order valence-electron chi connectivity index (χ2n) is 10.0. The molecule has 2 fully saturated rings. The number of likely N-dealkylation sites (tertiary alicyclic amines) is 2. The fraction of sp³-hybridized carbons (Fsp3) is 0.630. The fourth-order valence-corrected chi connectivity index (χ4v) is 5.04. The second-order valence-corrected chi connectivity index (χ2v) is 10.0. The van der Waals surface area contributed by atoms with E-state index in [-0.39, 0.29) is 23.6 Å². The van der Waals surface area contributed by atoms with Gasteiger partial charge >= 0.3 is 5.96 Å². The second kappa shape index (κ2) is 13.1. The topological polar surface area (TPSA) is 77.4 Å². The molecule has 10 heteroatoms. The largest absolute Gasteiger partial charge is 0.493 e. The molecule has 0 aromatic heterocycles. The Morgan fingerprint density at radius 2 is 1.86 bits per heavy atom.